The first-order valence-electron chi connectivity index (χ1n) is 9.90. The number of hydrogen-bond donors (Lipinski definition) is 8. The number of carbonyl (C=O) groups excluding carboxylic acids is 3. The van der Waals surface area contributed by atoms with E-state index in [1.54, 1.807) is 13.8 Å². The third-order valence-corrected chi connectivity index (χ3v) is 4.28. The second-order valence-electron chi connectivity index (χ2n) is 7.59. The number of aliphatic carboxylic acids is 1. The van der Waals surface area contributed by atoms with Crippen LogP contribution in [0.1, 0.15) is 40.5 Å². The number of carbonyl (C=O) groups is 4. The number of nitrogens with zero attached hydrogens (tertiary/aromatic N) is 1. The zero-order valence-electron chi connectivity index (χ0n) is 18.3. The minimum absolute atomic E-state index is 0.108. The molecule has 178 valence electrons. The summed E-state index contributed by atoms with van der Waals surface area (Å²) >= 11 is 0. The van der Waals surface area contributed by atoms with Crippen LogP contribution in [0.4, 0.5) is 0 Å². The molecule has 0 spiro atoms. The summed E-state index contributed by atoms with van der Waals surface area (Å²) in [6, 6.07) is -4.53. The van der Waals surface area contributed by atoms with Gasteiger partial charge in [-0.25, -0.2) is 4.79 Å². The second kappa shape index (κ2) is 13.4. The summed E-state index contributed by atoms with van der Waals surface area (Å²) in [7, 11) is 0. The molecule has 13 heteroatoms. The van der Waals surface area contributed by atoms with Gasteiger partial charge in [0.25, 0.3) is 0 Å². The summed E-state index contributed by atoms with van der Waals surface area (Å²) in [6.45, 7) is 6.20. The fourth-order valence-corrected chi connectivity index (χ4v) is 2.50. The topological polar surface area (TPSA) is 235 Å². The first kappa shape index (κ1) is 28.1. The highest BCUT2D eigenvalue weighted by Crippen LogP contribution is 2.07. The van der Waals surface area contributed by atoms with Gasteiger partial charge in [0.1, 0.15) is 12.1 Å². The molecule has 0 fully saturated rings. The van der Waals surface area contributed by atoms with E-state index >= 15 is 0 Å². The highest BCUT2D eigenvalue weighted by Gasteiger charge is 2.32. The lowest BCUT2D eigenvalue weighted by Gasteiger charge is -2.27. The zero-order valence-corrected chi connectivity index (χ0v) is 18.3. The molecule has 5 unspecified atom stereocenters. The van der Waals surface area contributed by atoms with Gasteiger partial charge in [0.15, 0.2) is 12.0 Å². The van der Waals surface area contributed by atoms with Gasteiger partial charge in [0, 0.05) is 6.54 Å². The number of carboxylic acids is 1. The van der Waals surface area contributed by atoms with Crippen LogP contribution in [0, 0.1) is 5.92 Å². The van der Waals surface area contributed by atoms with E-state index < -0.39 is 59.9 Å². The molecule has 0 rings (SSSR count). The van der Waals surface area contributed by atoms with Crippen LogP contribution in [0.3, 0.4) is 0 Å². The van der Waals surface area contributed by atoms with E-state index in [-0.39, 0.29) is 18.9 Å². The monoisotopic (exact) mass is 445 g/mol. The minimum atomic E-state index is -1.54. The van der Waals surface area contributed by atoms with E-state index in [4.69, 9.17) is 22.3 Å². The van der Waals surface area contributed by atoms with Crippen molar-refractivity contribution in [3.63, 3.8) is 0 Å². The lowest BCUT2D eigenvalue weighted by atomic mass is 10.0. The molecule has 0 aliphatic carbocycles. The van der Waals surface area contributed by atoms with Crippen LogP contribution in [-0.4, -0.2) is 76.7 Å². The maximum atomic E-state index is 12.8. The van der Waals surface area contributed by atoms with Crippen LogP contribution in [0.25, 0.3) is 0 Å². The van der Waals surface area contributed by atoms with Crippen molar-refractivity contribution in [1.82, 2.24) is 16.0 Å². The number of rotatable bonds is 13. The number of aliphatic imine (C=N–C) groups is 1. The van der Waals surface area contributed by atoms with Gasteiger partial charge < -0.3 is 43.4 Å². The Morgan fingerprint density at radius 2 is 1.45 bits per heavy atom. The molecule has 31 heavy (non-hydrogen) atoms. The lowest BCUT2D eigenvalue weighted by Crippen LogP contribution is -2.59. The summed E-state index contributed by atoms with van der Waals surface area (Å²) in [5.74, 6) is -3.94. The van der Waals surface area contributed by atoms with Crippen molar-refractivity contribution in [2.75, 3.05) is 6.54 Å². The van der Waals surface area contributed by atoms with Crippen molar-refractivity contribution in [1.29, 1.82) is 0 Å². The molecule has 0 aliphatic rings. The third kappa shape index (κ3) is 10.6. The van der Waals surface area contributed by atoms with Crippen LogP contribution >= 0.6 is 0 Å². The Kier molecular flexibility index (Phi) is 12.1. The van der Waals surface area contributed by atoms with E-state index in [0.717, 1.165) is 0 Å². The fourth-order valence-electron chi connectivity index (χ4n) is 2.50. The van der Waals surface area contributed by atoms with Crippen molar-refractivity contribution in [2.24, 2.45) is 28.1 Å². The number of carboxylic acid groups (broad SMARTS) is 1. The molecule has 0 saturated heterocycles. The normalized spacial score (nSPS) is 15.7. The molecule has 0 aliphatic heterocycles. The van der Waals surface area contributed by atoms with Gasteiger partial charge in [-0.15, -0.1) is 0 Å². The summed E-state index contributed by atoms with van der Waals surface area (Å²) in [5.41, 5.74) is 16.1. The Labute approximate surface area is 181 Å². The van der Waals surface area contributed by atoms with Gasteiger partial charge >= 0.3 is 5.97 Å². The van der Waals surface area contributed by atoms with Gasteiger partial charge in [-0.05, 0) is 32.6 Å². The van der Waals surface area contributed by atoms with Crippen molar-refractivity contribution < 1.29 is 29.4 Å². The van der Waals surface area contributed by atoms with Crippen molar-refractivity contribution >= 4 is 29.7 Å². The van der Waals surface area contributed by atoms with Crippen molar-refractivity contribution in [2.45, 2.75) is 70.8 Å². The predicted octanol–water partition coefficient (Wildman–Crippen LogP) is -3.04. The molecule has 13 nitrogen and oxygen atoms in total. The molecule has 0 saturated carbocycles. The maximum Gasteiger partial charge on any atom is 0.328 e. The number of hydrogen-bond acceptors (Lipinski definition) is 7. The third-order valence-electron chi connectivity index (χ3n) is 4.28. The second-order valence-corrected chi connectivity index (χ2v) is 7.59. The first-order chi connectivity index (χ1) is 14.3. The zero-order chi connectivity index (χ0) is 24.3. The molecular formula is C18H35N7O6. The number of aliphatic hydroxyl groups excluding tert-OH is 1. The maximum absolute atomic E-state index is 12.8. The summed E-state index contributed by atoms with van der Waals surface area (Å²) in [4.78, 5) is 52.4. The standard InChI is InChI=1S/C18H35N7O6/c1-8(2)12(16(29)25-13(10(4)26)17(30)31)24-15(28)11(23-14(27)9(3)19)6-5-7-22-18(20)21/h8-13,26H,5-7,19H2,1-4H3,(H,23,27)(H,24,28)(H,25,29)(H,30,31)(H4,20,21,22). The van der Waals surface area contributed by atoms with Crippen LogP contribution in [0.2, 0.25) is 0 Å². The van der Waals surface area contributed by atoms with Crippen LogP contribution in [0.15, 0.2) is 4.99 Å². The van der Waals surface area contributed by atoms with Crippen molar-refractivity contribution in [3.8, 4) is 0 Å². The van der Waals surface area contributed by atoms with Crippen LogP contribution in [-0.2, 0) is 19.2 Å². The Balaban J connectivity index is 5.38. The molecule has 0 heterocycles. The number of nitrogens with one attached hydrogen (secondary N) is 3. The molecule has 0 bridgehead atoms. The molecule has 11 N–H and O–H groups in total. The van der Waals surface area contributed by atoms with Gasteiger partial charge in [0.05, 0.1) is 12.1 Å². The lowest BCUT2D eigenvalue weighted by molar-refractivity contribution is -0.145. The van der Waals surface area contributed by atoms with E-state index in [2.05, 4.69) is 20.9 Å². The Morgan fingerprint density at radius 1 is 0.903 bits per heavy atom. The van der Waals surface area contributed by atoms with Gasteiger partial charge in [0.2, 0.25) is 17.7 Å². The van der Waals surface area contributed by atoms with Gasteiger partial charge in [-0.2, -0.15) is 0 Å². The van der Waals surface area contributed by atoms with Gasteiger partial charge in [-0.1, -0.05) is 13.8 Å². The van der Waals surface area contributed by atoms with Crippen molar-refractivity contribution in [3.05, 3.63) is 0 Å². The number of amides is 3. The Hall–Kier alpha value is -2.93. The number of nitrogens with two attached hydrogens (primary N) is 3. The smallest absolute Gasteiger partial charge is 0.328 e. The molecule has 3 amide bonds. The Morgan fingerprint density at radius 3 is 1.87 bits per heavy atom. The van der Waals surface area contributed by atoms with E-state index in [9.17, 15) is 24.3 Å². The molecular weight excluding hydrogens is 410 g/mol. The first-order valence-corrected chi connectivity index (χ1v) is 9.90. The Bertz CT molecular complexity index is 662. The predicted molar refractivity (Wildman–Crippen MR) is 114 cm³/mol. The highest BCUT2D eigenvalue weighted by atomic mass is 16.4. The van der Waals surface area contributed by atoms with E-state index in [0.29, 0.717) is 6.42 Å². The minimum Gasteiger partial charge on any atom is -0.480 e. The largest absolute Gasteiger partial charge is 0.480 e. The average molecular weight is 446 g/mol. The summed E-state index contributed by atoms with van der Waals surface area (Å²) in [5, 5.41) is 26.0. The molecule has 0 aromatic carbocycles. The summed E-state index contributed by atoms with van der Waals surface area (Å²) in [6.07, 6.45) is -0.825. The quantitative estimate of drug-likeness (QED) is 0.0815. The molecule has 0 aromatic heterocycles. The SMILES string of the molecule is CC(N)C(=O)NC(CCCN=C(N)N)C(=O)NC(C(=O)NC(C(=O)O)C(C)O)C(C)C. The van der Waals surface area contributed by atoms with Gasteiger partial charge in [-0.3, -0.25) is 19.4 Å². The molecule has 5 atom stereocenters. The van der Waals surface area contributed by atoms with Crippen LogP contribution < -0.4 is 33.2 Å². The molecule has 0 aromatic rings. The number of aliphatic hydroxyl groups is 1. The summed E-state index contributed by atoms with van der Waals surface area (Å²) < 4.78 is 0. The fraction of sp³-hybridized carbons (Fsp3) is 0.722. The number of guanidine groups is 1. The van der Waals surface area contributed by atoms with E-state index in [1.807, 2.05) is 0 Å². The molecule has 0 radical (unpaired) electrons. The van der Waals surface area contributed by atoms with E-state index in [1.165, 1.54) is 13.8 Å². The van der Waals surface area contributed by atoms with Crippen LogP contribution in [0.5, 0.6) is 0 Å². The highest BCUT2D eigenvalue weighted by molar-refractivity contribution is 5.94. The average Bonchev–Trinajstić information content (AvgIpc) is 2.64.